The van der Waals surface area contributed by atoms with Crippen LogP contribution >= 0.6 is 162 Å². The second-order valence-electron chi connectivity index (χ2n) is 9.03. The zero-order valence-electron chi connectivity index (χ0n) is 15.5. The lowest BCUT2D eigenvalue weighted by Gasteiger charge is -2.52. The van der Waals surface area contributed by atoms with Crippen molar-refractivity contribution in [2.75, 3.05) is 0 Å². The second kappa shape index (κ2) is 7.15. The van der Waals surface area contributed by atoms with E-state index in [0.717, 1.165) is 14.7 Å². The maximum absolute atomic E-state index is 7.29. The summed E-state index contributed by atoms with van der Waals surface area (Å²) in [6.07, 6.45) is 0. The molecule has 0 unspecified atom stereocenters. The Labute approximate surface area is 263 Å². The van der Waals surface area contributed by atoms with E-state index in [2.05, 4.69) is 22.6 Å². The summed E-state index contributed by atoms with van der Waals surface area (Å²) in [5.74, 6) is -2.58. The quantitative estimate of drug-likeness (QED) is 0.181. The van der Waals surface area contributed by atoms with Crippen LogP contribution in [0.15, 0.2) is 38.3 Å². The van der Waals surface area contributed by atoms with Gasteiger partial charge in [-0.3, -0.25) is 0 Å². The molecule has 178 valence electrons. The molecule has 0 nitrogen and oxygen atoms in total. The highest BCUT2D eigenvalue weighted by Crippen LogP contribution is 2.88. The molecular formula is C20H7Cl12I. The van der Waals surface area contributed by atoms with Gasteiger partial charge in [-0.1, -0.05) is 98.9 Å². The fourth-order valence-corrected chi connectivity index (χ4v) is 13.4. The fourth-order valence-electron chi connectivity index (χ4n) is 6.87. The smallest absolute Gasteiger partial charge is 0.109 e. The Hall–Kier alpha value is 2.91. The van der Waals surface area contributed by atoms with E-state index in [-0.39, 0.29) is 20.1 Å². The van der Waals surface area contributed by atoms with Crippen molar-refractivity contribution in [3.8, 4) is 0 Å². The minimum atomic E-state index is -1.81. The van der Waals surface area contributed by atoms with Gasteiger partial charge in [0.2, 0.25) is 0 Å². The van der Waals surface area contributed by atoms with Gasteiger partial charge >= 0.3 is 0 Å². The summed E-state index contributed by atoms with van der Waals surface area (Å²) in [5, 5.41) is 0.274. The van der Waals surface area contributed by atoms with E-state index in [0.29, 0.717) is 0 Å². The maximum atomic E-state index is 7.29. The summed E-state index contributed by atoms with van der Waals surface area (Å²) in [5.41, 5.74) is 1.60. The average molecular weight is 800 g/mol. The largest absolute Gasteiger partial charge is 0.167 e. The van der Waals surface area contributed by atoms with Crippen LogP contribution in [-0.2, 0) is 0 Å². The van der Waals surface area contributed by atoms with Gasteiger partial charge in [-0.15, -0.1) is 46.4 Å². The standard InChI is InChI=1S/C20H7Cl12I/c21-11-13(23)17(27)9-7(15(11,25)19(17,29)30)5-2-1-4(33)3-6(5)8-10(9)18(28)14(24)12(22)16(8,26)20(18,31)32/h1-3,7-10H/t7-,8-,9+,10+,15+,16+,17+,18+/m1/s1. The number of allylic oxidation sites excluding steroid dienone is 4. The first kappa shape index (κ1) is 26.1. The summed E-state index contributed by atoms with van der Waals surface area (Å²) >= 11 is 85.9. The number of alkyl halides is 8. The molecule has 5 aliphatic rings. The summed E-state index contributed by atoms with van der Waals surface area (Å²) in [7, 11) is 0. The van der Waals surface area contributed by atoms with E-state index < -0.39 is 51.8 Å². The predicted molar refractivity (Wildman–Crippen MR) is 152 cm³/mol. The fraction of sp³-hybridized carbons (Fsp3) is 0.500. The van der Waals surface area contributed by atoms with Crippen LogP contribution in [0, 0.1) is 15.4 Å². The van der Waals surface area contributed by atoms with Gasteiger partial charge in [0.05, 0.1) is 20.1 Å². The molecule has 0 heterocycles. The molecular weight excluding hydrogens is 793 g/mol. The van der Waals surface area contributed by atoms with Crippen LogP contribution in [0.3, 0.4) is 0 Å². The van der Waals surface area contributed by atoms with Crippen LogP contribution in [0.25, 0.3) is 0 Å². The van der Waals surface area contributed by atoms with Gasteiger partial charge in [0.25, 0.3) is 0 Å². The number of hydrogen-bond acceptors (Lipinski definition) is 0. The van der Waals surface area contributed by atoms with Gasteiger partial charge in [-0.2, -0.15) is 0 Å². The summed E-state index contributed by atoms with van der Waals surface area (Å²) in [4.78, 5) is -6.36. The Bertz CT molecular complexity index is 1240. The van der Waals surface area contributed by atoms with Crippen molar-refractivity contribution in [2.45, 2.75) is 40.0 Å². The molecule has 0 amide bonds. The van der Waals surface area contributed by atoms with E-state index in [1.165, 1.54) is 0 Å². The van der Waals surface area contributed by atoms with Gasteiger partial charge in [0, 0.05) is 27.2 Å². The Morgan fingerprint density at radius 2 is 0.909 bits per heavy atom. The Morgan fingerprint density at radius 3 is 1.33 bits per heavy atom. The first-order valence-electron chi connectivity index (χ1n) is 9.43. The first-order chi connectivity index (χ1) is 15.0. The molecule has 0 saturated heterocycles. The van der Waals surface area contributed by atoms with Crippen molar-refractivity contribution in [3.05, 3.63) is 53.0 Å². The third-order valence-corrected chi connectivity index (χ3v) is 17.3. The van der Waals surface area contributed by atoms with Crippen molar-refractivity contribution < 1.29 is 0 Å². The topological polar surface area (TPSA) is 0 Å². The highest BCUT2D eigenvalue weighted by molar-refractivity contribution is 14.1. The summed E-state index contributed by atoms with van der Waals surface area (Å²) in [6.45, 7) is 0. The lowest BCUT2D eigenvalue weighted by Crippen LogP contribution is -2.53. The van der Waals surface area contributed by atoms with Crippen molar-refractivity contribution in [3.63, 3.8) is 0 Å². The lowest BCUT2D eigenvalue weighted by molar-refractivity contribution is 0.201. The number of halogens is 13. The molecule has 1 aromatic rings. The van der Waals surface area contributed by atoms with Crippen molar-refractivity contribution >= 4 is 162 Å². The van der Waals surface area contributed by atoms with Crippen LogP contribution in [0.5, 0.6) is 0 Å². The number of rotatable bonds is 0. The first-order valence-corrected chi connectivity index (χ1v) is 15.0. The molecule has 5 aliphatic carbocycles. The zero-order chi connectivity index (χ0) is 24.5. The van der Waals surface area contributed by atoms with Crippen LogP contribution in [-0.4, -0.2) is 28.2 Å². The van der Waals surface area contributed by atoms with Crippen LogP contribution in [0.1, 0.15) is 23.0 Å². The number of fused-ring (bicyclic) bond motifs is 14. The summed E-state index contributed by atoms with van der Waals surface area (Å²) < 4.78 is -2.68. The highest BCUT2D eigenvalue weighted by atomic mass is 127. The molecule has 0 spiro atoms. The average Bonchev–Trinajstić information content (AvgIpc) is 3.08. The van der Waals surface area contributed by atoms with Crippen LogP contribution in [0.4, 0.5) is 0 Å². The van der Waals surface area contributed by atoms with Crippen molar-refractivity contribution in [1.29, 1.82) is 0 Å². The molecule has 4 bridgehead atoms. The molecule has 2 fully saturated rings. The molecule has 0 aromatic heterocycles. The van der Waals surface area contributed by atoms with E-state index in [1.54, 1.807) is 0 Å². The molecule has 0 N–H and O–H groups in total. The van der Waals surface area contributed by atoms with E-state index in [4.69, 9.17) is 139 Å². The van der Waals surface area contributed by atoms with Gasteiger partial charge in [0.15, 0.2) is 8.67 Å². The molecule has 1 aromatic carbocycles. The molecule has 8 atom stereocenters. The van der Waals surface area contributed by atoms with Gasteiger partial charge in [-0.25, -0.2) is 0 Å². The SMILES string of the molecule is ClC1=C(Cl)[C@@]2(Cl)[C@@H]3c4ccc(I)cc4[C@@H]4[C@@H]([C@H]3[C@@]1(Cl)C2(Cl)Cl)[C@]1(Cl)C(Cl)=C(Cl)[C@]4(Cl)C1(Cl)Cl. The van der Waals surface area contributed by atoms with E-state index >= 15 is 0 Å². The third-order valence-electron chi connectivity index (χ3n) is 8.09. The van der Waals surface area contributed by atoms with E-state index in [9.17, 15) is 0 Å². The van der Waals surface area contributed by atoms with Crippen molar-refractivity contribution in [2.24, 2.45) is 11.8 Å². The monoisotopic (exact) mass is 794 g/mol. The molecule has 0 radical (unpaired) electrons. The molecule has 0 aliphatic heterocycles. The van der Waals surface area contributed by atoms with E-state index in [1.807, 2.05) is 18.2 Å². The Balaban J connectivity index is 1.79. The van der Waals surface area contributed by atoms with Crippen LogP contribution < -0.4 is 0 Å². The van der Waals surface area contributed by atoms with Gasteiger partial charge in [-0.05, 0) is 45.9 Å². The Kier molecular flexibility index (Phi) is 5.67. The third kappa shape index (κ3) is 2.31. The lowest BCUT2D eigenvalue weighted by atomic mass is 9.57. The molecule has 6 rings (SSSR count). The Morgan fingerprint density at radius 1 is 0.545 bits per heavy atom. The minimum Gasteiger partial charge on any atom is -0.109 e. The van der Waals surface area contributed by atoms with Gasteiger partial charge in [0.1, 0.15) is 19.5 Å². The van der Waals surface area contributed by atoms with Gasteiger partial charge < -0.3 is 0 Å². The highest BCUT2D eigenvalue weighted by Gasteiger charge is 2.91. The second-order valence-corrected chi connectivity index (χ2v) is 16.8. The van der Waals surface area contributed by atoms with Crippen molar-refractivity contribution in [1.82, 2.24) is 0 Å². The maximum Gasteiger partial charge on any atom is 0.167 e. The molecule has 2 saturated carbocycles. The molecule has 13 heteroatoms. The molecule has 33 heavy (non-hydrogen) atoms. The zero-order valence-corrected chi connectivity index (χ0v) is 26.7. The normalized spacial score (nSPS) is 50.1. The van der Waals surface area contributed by atoms with Crippen LogP contribution in [0.2, 0.25) is 0 Å². The minimum absolute atomic E-state index is 0.0485. The predicted octanol–water partition coefficient (Wildman–Crippen LogP) is 10.4. The number of hydrogen-bond donors (Lipinski definition) is 0. The number of benzene rings is 1. The summed E-state index contributed by atoms with van der Waals surface area (Å²) in [6, 6.07) is 5.82.